The number of hydrogen-bond donors (Lipinski definition) is 1. The van der Waals surface area contributed by atoms with E-state index in [9.17, 15) is 14.7 Å². The van der Waals surface area contributed by atoms with Crippen molar-refractivity contribution in [1.29, 1.82) is 0 Å². The molecule has 21 heavy (non-hydrogen) atoms. The summed E-state index contributed by atoms with van der Waals surface area (Å²) in [6.07, 6.45) is 0. The Morgan fingerprint density at radius 1 is 1.00 bits per heavy atom. The van der Waals surface area contributed by atoms with Gasteiger partial charge in [-0.2, -0.15) is 0 Å². The average molecular weight is 286 g/mol. The lowest BCUT2D eigenvalue weighted by Gasteiger charge is -2.07. The molecule has 0 heterocycles. The fourth-order valence-corrected chi connectivity index (χ4v) is 1.88. The first-order chi connectivity index (χ1) is 10.1. The maximum Gasteiger partial charge on any atom is 0.337 e. The van der Waals surface area contributed by atoms with Gasteiger partial charge in [0.1, 0.15) is 11.5 Å². The van der Waals surface area contributed by atoms with Crippen molar-refractivity contribution in [3.63, 3.8) is 0 Å². The van der Waals surface area contributed by atoms with Crippen LogP contribution in [0.25, 0.3) is 0 Å². The topological polar surface area (TPSA) is 72.8 Å². The van der Waals surface area contributed by atoms with Gasteiger partial charge in [-0.15, -0.1) is 0 Å². The van der Waals surface area contributed by atoms with Gasteiger partial charge in [-0.1, -0.05) is 12.1 Å². The van der Waals surface area contributed by atoms with E-state index in [1.165, 1.54) is 32.4 Å². The van der Waals surface area contributed by atoms with E-state index in [1.54, 1.807) is 24.3 Å². The lowest BCUT2D eigenvalue weighted by Crippen LogP contribution is -2.06. The molecule has 0 aliphatic heterocycles. The molecule has 5 heteroatoms. The maximum absolute atomic E-state index is 12.4. The minimum absolute atomic E-state index is 0.0335. The van der Waals surface area contributed by atoms with Gasteiger partial charge in [0, 0.05) is 5.56 Å². The Kier molecular flexibility index (Phi) is 4.23. The maximum atomic E-state index is 12.4. The molecule has 0 spiro atoms. The highest BCUT2D eigenvalue weighted by molar-refractivity contribution is 6.11. The van der Waals surface area contributed by atoms with Crippen molar-refractivity contribution < 1.29 is 24.2 Å². The van der Waals surface area contributed by atoms with Crippen molar-refractivity contribution in [1.82, 2.24) is 0 Å². The van der Waals surface area contributed by atoms with E-state index >= 15 is 0 Å². The molecular weight excluding hydrogens is 272 g/mol. The van der Waals surface area contributed by atoms with Gasteiger partial charge in [0.2, 0.25) is 0 Å². The number of ether oxygens (including phenoxy) is 2. The molecule has 0 saturated heterocycles. The van der Waals surface area contributed by atoms with Crippen LogP contribution in [0.2, 0.25) is 0 Å². The summed E-state index contributed by atoms with van der Waals surface area (Å²) in [4.78, 5) is 23.9. The van der Waals surface area contributed by atoms with E-state index in [2.05, 4.69) is 4.74 Å². The van der Waals surface area contributed by atoms with Crippen molar-refractivity contribution in [3.05, 3.63) is 59.2 Å². The van der Waals surface area contributed by atoms with Crippen molar-refractivity contribution in [2.45, 2.75) is 0 Å². The van der Waals surface area contributed by atoms with Crippen LogP contribution in [0.3, 0.4) is 0 Å². The molecule has 2 aromatic carbocycles. The lowest BCUT2D eigenvalue weighted by atomic mass is 10.00. The van der Waals surface area contributed by atoms with Crippen LogP contribution in [0, 0.1) is 0 Å². The Balaban J connectivity index is 2.44. The third-order valence-electron chi connectivity index (χ3n) is 2.99. The molecule has 0 bridgehead atoms. The molecule has 2 aromatic rings. The lowest BCUT2D eigenvalue weighted by molar-refractivity contribution is 0.0600. The Bertz CT molecular complexity index is 691. The number of benzene rings is 2. The van der Waals surface area contributed by atoms with Crippen LogP contribution in [0.15, 0.2) is 42.5 Å². The predicted octanol–water partition coefficient (Wildman–Crippen LogP) is 2.42. The number of esters is 1. The Morgan fingerprint density at radius 2 is 1.76 bits per heavy atom. The first-order valence-electron chi connectivity index (χ1n) is 6.17. The van der Waals surface area contributed by atoms with Gasteiger partial charge in [0.05, 0.1) is 25.3 Å². The zero-order valence-electron chi connectivity index (χ0n) is 11.6. The molecule has 0 aromatic heterocycles. The average Bonchev–Trinajstić information content (AvgIpc) is 2.54. The molecule has 0 atom stereocenters. The number of ketones is 1. The van der Waals surface area contributed by atoms with Crippen LogP contribution in [0.5, 0.6) is 11.5 Å². The molecule has 0 aliphatic carbocycles. The van der Waals surface area contributed by atoms with Gasteiger partial charge in [-0.05, 0) is 30.3 Å². The summed E-state index contributed by atoms with van der Waals surface area (Å²) in [6, 6.07) is 10.5. The molecule has 0 aliphatic rings. The van der Waals surface area contributed by atoms with E-state index in [4.69, 9.17) is 4.74 Å². The van der Waals surface area contributed by atoms with Gasteiger partial charge < -0.3 is 14.6 Å². The van der Waals surface area contributed by atoms with Crippen molar-refractivity contribution in [3.8, 4) is 11.5 Å². The number of methoxy groups -OCH3 is 2. The van der Waals surface area contributed by atoms with Crippen LogP contribution in [-0.2, 0) is 4.74 Å². The predicted molar refractivity (Wildman–Crippen MR) is 75.9 cm³/mol. The third kappa shape index (κ3) is 3.02. The van der Waals surface area contributed by atoms with Gasteiger partial charge in [-0.3, -0.25) is 4.79 Å². The van der Waals surface area contributed by atoms with Crippen molar-refractivity contribution in [2.24, 2.45) is 0 Å². The molecule has 0 amide bonds. The normalized spacial score (nSPS) is 10.0. The van der Waals surface area contributed by atoms with E-state index in [1.807, 2.05) is 0 Å². The highest BCUT2D eigenvalue weighted by Crippen LogP contribution is 2.24. The molecule has 5 nitrogen and oxygen atoms in total. The number of aromatic hydroxyl groups is 1. The zero-order chi connectivity index (χ0) is 15.4. The SMILES string of the molecule is COC(=O)c1ccc(O)c(C(=O)c2cccc(OC)c2)c1. The van der Waals surface area contributed by atoms with Crippen molar-refractivity contribution >= 4 is 11.8 Å². The van der Waals surface area contributed by atoms with Gasteiger partial charge in [0.15, 0.2) is 5.78 Å². The third-order valence-corrected chi connectivity index (χ3v) is 2.99. The van der Waals surface area contributed by atoms with Crippen LogP contribution >= 0.6 is 0 Å². The summed E-state index contributed by atoms with van der Waals surface area (Å²) >= 11 is 0. The van der Waals surface area contributed by atoms with Crippen LogP contribution in [-0.4, -0.2) is 31.1 Å². The smallest absolute Gasteiger partial charge is 0.337 e. The number of rotatable bonds is 4. The van der Waals surface area contributed by atoms with Crippen molar-refractivity contribution in [2.75, 3.05) is 14.2 Å². The fourth-order valence-electron chi connectivity index (χ4n) is 1.88. The largest absolute Gasteiger partial charge is 0.507 e. The second kappa shape index (κ2) is 6.09. The number of carbonyl (C=O) groups excluding carboxylic acids is 2. The minimum atomic E-state index is -0.574. The highest BCUT2D eigenvalue weighted by atomic mass is 16.5. The summed E-state index contributed by atoms with van der Waals surface area (Å²) in [5.41, 5.74) is 0.583. The monoisotopic (exact) mass is 286 g/mol. The molecule has 1 N–H and O–H groups in total. The van der Waals surface area contributed by atoms with E-state index in [0.29, 0.717) is 11.3 Å². The highest BCUT2D eigenvalue weighted by Gasteiger charge is 2.17. The van der Waals surface area contributed by atoms with E-state index in [-0.39, 0.29) is 16.9 Å². The van der Waals surface area contributed by atoms with Gasteiger partial charge in [-0.25, -0.2) is 4.79 Å². The molecule has 2 rings (SSSR count). The summed E-state index contributed by atoms with van der Waals surface area (Å²) in [5.74, 6) is -0.646. The van der Waals surface area contributed by atoms with E-state index in [0.717, 1.165) is 0 Å². The summed E-state index contributed by atoms with van der Waals surface area (Å²) < 4.78 is 9.66. The van der Waals surface area contributed by atoms with Crippen LogP contribution < -0.4 is 4.74 Å². The number of carbonyl (C=O) groups is 2. The molecule has 0 fully saturated rings. The molecule has 0 saturated carbocycles. The molecular formula is C16H14O5. The number of phenolic OH excluding ortho intramolecular Hbond substituents is 1. The summed E-state index contributed by atoms with van der Waals surface area (Å²) in [7, 11) is 2.75. The first-order valence-corrected chi connectivity index (χ1v) is 6.17. The molecule has 108 valence electrons. The van der Waals surface area contributed by atoms with E-state index < -0.39 is 11.8 Å². The Morgan fingerprint density at radius 3 is 2.43 bits per heavy atom. The van der Waals surface area contributed by atoms with Gasteiger partial charge in [0.25, 0.3) is 0 Å². The summed E-state index contributed by atoms with van der Waals surface area (Å²) in [6.45, 7) is 0. The molecule has 0 radical (unpaired) electrons. The quantitative estimate of drug-likeness (QED) is 0.690. The number of phenols is 1. The minimum Gasteiger partial charge on any atom is -0.507 e. The van der Waals surface area contributed by atoms with Crippen LogP contribution in [0.1, 0.15) is 26.3 Å². The van der Waals surface area contributed by atoms with Crippen LogP contribution in [0.4, 0.5) is 0 Å². The second-order valence-electron chi connectivity index (χ2n) is 4.28. The zero-order valence-corrected chi connectivity index (χ0v) is 11.6. The standard InChI is InChI=1S/C16H14O5/c1-20-12-5-3-4-10(8-12)15(18)13-9-11(16(19)21-2)6-7-14(13)17/h3-9,17H,1-2H3. The van der Waals surface area contributed by atoms with Gasteiger partial charge >= 0.3 is 5.97 Å². The second-order valence-corrected chi connectivity index (χ2v) is 4.28. The molecule has 0 unspecified atom stereocenters. The Labute approximate surface area is 121 Å². The Hall–Kier alpha value is -2.82. The fraction of sp³-hybridized carbons (Fsp3) is 0.125. The summed E-state index contributed by atoms with van der Waals surface area (Å²) in [5, 5.41) is 9.84. The first kappa shape index (κ1) is 14.6. The number of hydrogen-bond acceptors (Lipinski definition) is 5.